The zero-order chi connectivity index (χ0) is 18.9. The minimum Gasteiger partial charge on any atom is -0.462 e. The molecule has 0 atom stereocenters. The van der Waals surface area contributed by atoms with Crippen molar-refractivity contribution in [3.63, 3.8) is 0 Å². The molecular weight excluding hydrogens is 332 g/mol. The van der Waals surface area contributed by atoms with Gasteiger partial charge < -0.3 is 15.0 Å². The van der Waals surface area contributed by atoms with E-state index in [0.29, 0.717) is 22.8 Å². The summed E-state index contributed by atoms with van der Waals surface area (Å²) in [6.07, 6.45) is 5.09. The maximum Gasteiger partial charge on any atom is 0.340 e. The molecule has 1 N–H and O–H groups in total. The second-order valence-corrected chi connectivity index (χ2v) is 5.77. The van der Waals surface area contributed by atoms with Crippen molar-refractivity contribution in [3.8, 4) is 0 Å². The van der Waals surface area contributed by atoms with Crippen LogP contribution in [0, 0.1) is 0 Å². The van der Waals surface area contributed by atoms with E-state index in [2.05, 4.69) is 22.2 Å². The Kier molecular flexibility index (Phi) is 7.08. The molecule has 0 saturated carbocycles. The molecule has 0 fully saturated rings. The van der Waals surface area contributed by atoms with E-state index in [1.165, 1.54) is 12.4 Å². The summed E-state index contributed by atoms with van der Waals surface area (Å²) in [5.41, 5.74) is 1.01. The number of hydrogen-bond donors (Lipinski definition) is 1. The summed E-state index contributed by atoms with van der Waals surface area (Å²) in [5, 5.41) is 2.72. The highest BCUT2D eigenvalue weighted by molar-refractivity contribution is 6.07. The van der Waals surface area contributed by atoms with Gasteiger partial charge in [-0.05, 0) is 25.5 Å². The first kappa shape index (κ1) is 19.4. The molecule has 7 heteroatoms. The zero-order valence-corrected chi connectivity index (χ0v) is 15.4. The largest absolute Gasteiger partial charge is 0.462 e. The molecule has 1 amide bonds. The highest BCUT2D eigenvalue weighted by atomic mass is 16.5. The van der Waals surface area contributed by atoms with E-state index in [-0.39, 0.29) is 12.5 Å². The third kappa shape index (κ3) is 5.02. The van der Waals surface area contributed by atoms with E-state index >= 15 is 0 Å². The fourth-order valence-corrected chi connectivity index (χ4v) is 2.30. The van der Waals surface area contributed by atoms with Crippen LogP contribution in [0.2, 0.25) is 0 Å². The highest BCUT2D eigenvalue weighted by Gasteiger charge is 2.15. The van der Waals surface area contributed by atoms with Gasteiger partial charge in [-0.1, -0.05) is 25.5 Å². The number of aromatic nitrogens is 2. The molecule has 7 nitrogen and oxygen atoms in total. The summed E-state index contributed by atoms with van der Waals surface area (Å²) in [6, 6.07) is 6.71. The van der Waals surface area contributed by atoms with Crippen LogP contribution in [0.5, 0.6) is 0 Å². The highest BCUT2D eigenvalue weighted by Crippen LogP contribution is 2.17. The van der Waals surface area contributed by atoms with Crippen LogP contribution < -0.4 is 10.2 Å². The Balaban J connectivity index is 2.10. The minimum atomic E-state index is -0.479. The molecule has 0 bridgehead atoms. The van der Waals surface area contributed by atoms with Crippen LogP contribution in [0.15, 0.2) is 36.7 Å². The number of carbonyl (C=O) groups is 2. The van der Waals surface area contributed by atoms with Gasteiger partial charge in [-0.3, -0.25) is 4.79 Å². The van der Waals surface area contributed by atoms with Gasteiger partial charge in [0, 0.05) is 26.0 Å². The van der Waals surface area contributed by atoms with Crippen LogP contribution in [0.25, 0.3) is 0 Å². The molecule has 138 valence electrons. The van der Waals surface area contributed by atoms with E-state index in [1.54, 1.807) is 31.2 Å². The lowest BCUT2D eigenvalue weighted by molar-refractivity contribution is 0.0527. The Morgan fingerprint density at radius 2 is 1.85 bits per heavy atom. The molecule has 0 radical (unpaired) electrons. The average molecular weight is 356 g/mol. The van der Waals surface area contributed by atoms with Crippen molar-refractivity contribution >= 4 is 23.5 Å². The molecule has 0 aliphatic heterocycles. The maximum absolute atomic E-state index is 12.4. The van der Waals surface area contributed by atoms with Crippen LogP contribution in [-0.4, -0.2) is 42.0 Å². The van der Waals surface area contributed by atoms with Crippen LogP contribution in [-0.2, 0) is 4.74 Å². The number of amides is 1. The molecule has 0 aliphatic carbocycles. The number of esters is 1. The molecule has 1 aromatic heterocycles. The Bertz CT molecular complexity index is 747. The zero-order valence-electron chi connectivity index (χ0n) is 15.4. The normalized spacial score (nSPS) is 10.3. The summed E-state index contributed by atoms with van der Waals surface area (Å²) in [5.74, 6) is -0.293. The second kappa shape index (κ2) is 9.50. The predicted molar refractivity (Wildman–Crippen MR) is 101 cm³/mol. The van der Waals surface area contributed by atoms with Gasteiger partial charge in [0.1, 0.15) is 0 Å². The van der Waals surface area contributed by atoms with Gasteiger partial charge in [0.15, 0.2) is 0 Å². The van der Waals surface area contributed by atoms with Crippen molar-refractivity contribution < 1.29 is 14.3 Å². The molecule has 0 spiro atoms. The molecule has 0 unspecified atom stereocenters. The van der Waals surface area contributed by atoms with Gasteiger partial charge in [-0.15, -0.1) is 0 Å². The first-order chi connectivity index (χ1) is 12.6. The number of para-hydroxylation sites is 1. The van der Waals surface area contributed by atoms with Gasteiger partial charge >= 0.3 is 5.97 Å². The fraction of sp³-hybridized carbons (Fsp3) is 0.368. The smallest absolute Gasteiger partial charge is 0.340 e. The monoisotopic (exact) mass is 356 g/mol. The molecule has 2 aromatic rings. The molecular formula is C19H24N4O3. The Morgan fingerprint density at radius 1 is 1.15 bits per heavy atom. The van der Waals surface area contributed by atoms with E-state index < -0.39 is 5.97 Å². The Hall–Kier alpha value is -2.96. The summed E-state index contributed by atoms with van der Waals surface area (Å²) in [4.78, 5) is 34.9. The Morgan fingerprint density at radius 3 is 2.50 bits per heavy atom. The molecule has 1 aromatic carbocycles. The van der Waals surface area contributed by atoms with Gasteiger partial charge in [0.05, 0.1) is 23.4 Å². The summed E-state index contributed by atoms with van der Waals surface area (Å²) in [6.45, 7) is 4.97. The van der Waals surface area contributed by atoms with E-state index in [4.69, 9.17) is 4.74 Å². The minimum absolute atomic E-state index is 0.266. The number of anilines is 2. The Labute approximate surface area is 153 Å². The van der Waals surface area contributed by atoms with E-state index in [0.717, 1.165) is 19.4 Å². The number of benzene rings is 1. The molecule has 0 aliphatic rings. The molecule has 1 heterocycles. The number of rotatable bonds is 8. The van der Waals surface area contributed by atoms with Crippen molar-refractivity contribution in [2.45, 2.75) is 26.7 Å². The topological polar surface area (TPSA) is 84.4 Å². The molecule has 0 saturated heterocycles. The summed E-state index contributed by atoms with van der Waals surface area (Å²) >= 11 is 0. The number of ether oxygens (including phenoxy) is 1. The van der Waals surface area contributed by atoms with Crippen molar-refractivity contribution in [1.82, 2.24) is 9.97 Å². The number of nitrogens with zero attached hydrogens (tertiary/aromatic N) is 3. The lowest BCUT2D eigenvalue weighted by Gasteiger charge is -2.16. The van der Waals surface area contributed by atoms with E-state index in [9.17, 15) is 9.59 Å². The average Bonchev–Trinajstić information content (AvgIpc) is 2.66. The number of nitrogens with one attached hydrogen (secondary N) is 1. The van der Waals surface area contributed by atoms with Crippen LogP contribution in [0.4, 0.5) is 11.6 Å². The van der Waals surface area contributed by atoms with Crippen molar-refractivity contribution in [2.75, 3.05) is 30.4 Å². The van der Waals surface area contributed by atoms with Gasteiger partial charge in [0.2, 0.25) is 5.95 Å². The quantitative estimate of drug-likeness (QED) is 0.732. The summed E-state index contributed by atoms with van der Waals surface area (Å²) < 4.78 is 5.01. The first-order valence-electron chi connectivity index (χ1n) is 8.67. The van der Waals surface area contributed by atoms with Gasteiger partial charge in [0.25, 0.3) is 5.91 Å². The third-order valence-electron chi connectivity index (χ3n) is 3.76. The lowest BCUT2D eigenvalue weighted by Crippen LogP contribution is -2.22. The lowest BCUT2D eigenvalue weighted by atomic mass is 10.1. The van der Waals surface area contributed by atoms with Crippen LogP contribution in [0.1, 0.15) is 47.4 Å². The van der Waals surface area contributed by atoms with Crippen molar-refractivity contribution in [1.29, 1.82) is 0 Å². The number of carbonyl (C=O) groups excluding carboxylic acids is 2. The second-order valence-electron chi connectivity index (χ2n) is 5.77. The van der Waals surface area contributed by atoms with Crippen LogP contribution >= 0.6 is 0 Å². The maximum atomic E-state index is 12.4. The standard InChI is InChI=1S/C19H24N4O3/c1-4-6-11-23(3)19-20-12-14(13-21-19)17(24)22-16-10-8-7-9-15(16)18(25)26-5-2/h7-10,12-13H,4-6,11H2,1-3H3,(H,22,24). The van der Waals surface area contributed by atoms with Crippen molar-refractivity contribution in [3.05, 3.63) is 47.8 Å². The molecule has 26 heavy (non-hydrogen) atoms. The van der Waals surface area contributed by atoms with Gasteiger partial charge in [-0.2, -0.15) is 0 Å². The fourth-order valence-electron chi connectivity index (χ4n) is 2.30. The number of hydrogen-bond acceptors (Lipinski definition) is 6. The third-order valence-corrected chi connectivity index (χ3v) is 3.76. The van der Waals surface area contributed by atoms with Crippen LogP contribution in [0.3, 0.4) is 0 Å². The number of unbranched alkanes of at least 4 members (excludes halogenated alkanes) is 1. The first-order valence-corrected chi connectivity index (χ1v) is 8.67. The SMILES string of the molecule is CCCCN(C)c1ncc(C(=O)Nc2ccccc2C(=O)OCC)cn1. The molecule has 2 rings (SSSR count). The summed E-state index contributed by atoms with van der Waals surface area (Å²) in [7, 11) is 1.92. The van der Waals surface area contributed by atoms with Crippen molar-refractivity contribution in [2.24, 2.45) is 0 Å². The van der Waals surface area contributed by atoms with E-state index in [1.807, 2.05) is 11.9 Å². The predicted octanol–water partition coefficient (Wildman–Crippen LogP) is 3.14. The van der Waals surface area contributed by atoms with Gasteiger partial charge in [-0.25, -0.2) is 14.8 Å².